The third-order valence-electron chi connectivity index (χ3n) is 0.558. The summed E-state index contributed by atoms with van der Waals surface area (Å²) < 4.78 is 1.00. The average Bonchev–Trinajstić information content (AvgIpc) is 1.63. The minimum atomic E-state index is 0. The summed E-state index contributed by atoms with van der Waals surface area (Å²) in [7, 11) is 8.50. The maximum atomic E-state index is 5.14. The monoisotopic (exact) mass is 182 g/mol. The summed E-state index contributed by atoms with van der Waals surface area (Å²) in [5, 5.41) is 0. The first kappa shape index (κ1) is 22.6. The lowest BCUT2D eigenvalue weighted by Gasteiger charge is -2.14. The molecule has 0 rings (SSSR count). The molecular weight excluding hydrogens is 156 g/mol. The first-order valence-electron chi connectivity index (χ1n) is 3.90. The molecule has 0 aromatic heterocycles. The van der Waals surface area contributed by atoms with Crippen molar-refractivity contribution >= 4 is 0 Å². The third kappa shape index (κ3) is 227. The van der Waals surface area contributed by atoms with E-state index in [4.69, 9.17) is 5.73 Å². The highest BCUT2D eigenvalue weighted by Crippen LogP contribution is 1.77. The summed E-state index contributed by atoms with van der Waals surface area (Å²) >= 11 is 0. The van der Waals surface area contributed by atoms with E-state index in [0.717, 1.165) is 11.0 Å². The average molecular weight is 182 g/mol. The molecule has 0 bridgehead atoms. The molecule has 4 nitrogen and oxygen atoms in total. The van der Waals surface area contributed by atoms with Gasteiger partial charge in [-0.25, -0.2) is 0 Å². The number of nitrogens with zero attached hydrogens (tertiary/aromatic N) is 1. The zero-order valence-corrected chi connectivity index (χ0v) is 9.09. The summed E-state index contributed by atoms with van der Waals surface area (Å²) in [6.45, 7) is 2.98. The SMILES string of the molecule is CCCCN.C[N+](C)(C)C.O.[OH-]. The summed E-state index contributed by atoms with van der Waals surface area (Å²) in [5.74, 6) is 0. The molecule has 0 aliphatic carbocycles. The molecule has 0 unspecified atom stereocenters. The highest BCUT2D eigenvalue weighted by atomic mass is 16.0. The van der Waals surface area contributed by atoms with Crippen LogP contribution < -0.4 is 5.73 Å². The van der Waals surface area contributed by atoms with Crippen molar-refractivity contribution in [2.45, 2.75) is 19.8 Å². The van der Waals surface area contributed by atoms with Gasteiger partial charge in [0.15, 0.2) is 0 Å². The largest absolute Gasteiger partial charge is 0.870 e. The third-order valence-corrected chi connectivity index (χ3v) is 0.558. The van der Waals surface area contributed by atoms with E-state index in [2.05, 4.69) is 35.1 Å². The smallest absolute Gasteiger partial charge is 0.0675 e. The van der Waals surface area contributed by atoms with Gasteiger partial charge in [0.05, 0.1) is 28.2 Å². The summed E-state index contributed by atoms with van der Waals surface area (Å²) in [5.41, 5.74) is 5.14. The first-order chi connectivity index (χ1) is 4.41. The van der Waals surface area contributed by atoms with Gasteiger partial charge in [0.25, 0.3) is 0 Å². The molecule has 0 saturated carbocycles. The first-order valence-corrected chi connectivity index (χ1v) is 3.90. The lowest BCUT2D eigenvalue weighted by Crippen LogP contribution is -2.27. The maximum absolute atomic E-state index is 5.14. The van der Waals surface area contributed by atoms with Crippen molar-refractivity contribution in [3.8, 4) is 0 Å². The number of rotatable bonds is 2. The minimum absolute atomic E-state index is 0. The van der Waals surface area contributed by atoms with E-state index in [9.17, 15) is 0 Å². The van der Waals surface area contributed by atoms with Gasteiger partial charge in [-0.05, 0) is 13.0 Å². The van der Waals surface area contributed by atoms with Crippen LogP contribution in [0.25, 0.3) is 0 Å². The molecule has 0 saturated heterocycles. The van der Waals surface area contributed by atoms with Gasteiger partial charge in [-0.15, -0.1) is 0 Å². The molecule has 12 heavy (non-hydrogen) atoms. The fourth-order valence-electron chi connectivity index (χ4n) is 0.204. The summed E-state index contributed by atoms with van der Waals surface area (Å²) in [6, 6.07) is 0. The van der Waals surface area contributed by atoms with E-state index in [0.29, 0.717) is 0 Å². The Balaban J connectivity index is -0.0000000457. The Bertz CT molecular complexity index is 54.6. The molecule has 0 atom stereocenters. The van der Waals surface area contributed by atoms with Crippen LogP contribution in [0.1, 0.15) is 19.8 Å². The molecule has 5 N–H and O–H groups in total. The van der Waals surface area contributed by atoms with Crippen LogP contribution in [0.15, 0.2) is 0 Å². The van der Waals surface area contributed by atoms with E-state index in [1.54, 1.807) is 0 Å². The van der Waals surface area contributed by atoms with Crippen molar-refractivity contribution in [1.29, 1.82) is 0 Å². The molecule has 0 spiro atoms. The van der Waals surface area contributed by atoms with Crippen molar-refractivity contribution in [1.82, 2.24) is 0 Å². The Kier molecular flexibility index (Phi) is 25.3. The lowest BCUT2D eigenvalue weighted by atomic mass is 10.3. The quantitative estimate of drug-likeness (QED) is 0.612. The molecule has 0 aliphatic rings. The van der Waals surface area contributed by atoms with Crippen LogP contribution in [0.2, 0.25) is 0 Å². The zero-order valence-electron chi connectivity index (χ0n) is 9.09. The van der Waals surface area contributed by atoms with Crippen molar-refractivity contribution < 1.29 is 15.4 Å². The van der Waals surface area contributed by atoms with Gasteiger partial charge in [0, 0.05) is 0 Å². The Morgan fingerprint density at radius 2 is 1.33 bits per heavy atom. The van der Waals surface area contributed by atoms with Gasteiger partial charge < -0.3 is 21.2 Å². The van der Waals surface area contributed by atoms with E-state index in [1.165, 1.54) is 12.8 Å². The second kappa shape index (κ2) is 13.4. The minimum Gasteiger partial charge on any atom is -0.870 e. The van der Waals surface area contributed by atoms with Crippen LogP contribution in [0, 0.1) is 0 Å². The van der Waals surface area contributed by atoms with Crippen molar-refractivity contribution in [2.75, 3.05) is 34.7 Å². The number of unbranched alkanes of at least 4 members (excludes halogenated alkanes) is 1. The molecule has 0 aliphatic heterocycles. The highest BCUT2D eigenvalue weighted by Gasteiger charge is 1.88. The molecular formula is C8H26N2O2. The van der Waals surface area contributed by atoms with E-state index < -0.39 is 0 Å². The highest BCUT2D eigenvalue weighted by molar-refractivity contribution is 4.29. The fourth-order valence-corrected chi connectivity index (χ4v) is 0.204. The Hall–Kier alpha value is -0.160. The molecule has 0 amide bonds. The van der Waals surface area contributed by atoms with Crippen LogP contribution in [-0.2, 0) is 0 Å². The number of hydrogen-bond donors (Lipinski definition) is 1. The van der Waals surface area contributed by atoms with Crippen LogP contribution in [0.3, 0.4) is 0 Å². The fraction of sp³-hybridized carbons (Fsp3) is 1.00. The van der Waals surface area contributed by atoms with Gasteiger partial charge in [0.2, 0.25) is 0 Å². The molecule has 80 valence electrons. The van der Waals surface area contributed by atoms with Crippen LogP contribution in [0.4, 0.5) is 0 Å². The van der Waals surface area contributed by atoms with Crippen LogP contribution >= 0.6 is 0 Å². The molecule has 0 radical (unpaired) electrons. The van der Waals surface area contributed by atoms with E-state index in [1.807, 2.05) is 0 Å². The van der Waals surface area contributed by atoms with Crippen molar-refractivity contribution in [3.05, 3.63) is 0 Å². The van der Waals surface area contributed by atoms with Crippen molar-refractivity contribution in [2.24, 2.45) is 5.73 Å². The normalized spacial score (nSPS) is 8.50. The van der Waals surface area contributed by atoms with E-state index in [-0.39, 0.29) is 11.0 Å². The number of nitrogens with two attached hydrogens (primary N) is 1. The zero-order chi connectivity index (χ0) is 8.62. The Morgan fingerprint density at radius 3 is 1.33 bits per heavy atom. The lowest BCUT2D eigenvalue weighted by molar-refractivity contribution is -0.849. The number of quaternary nitrogens is 1. The van der Waals surface area contributed by atoms with Gasteiger partial charge in [-0.3, -0.25) is 0 Å². The number of hydrogen-bond acceptors (Lipinski definition) is 2. The van der Waals surface area contributed by atoms with Crippen molar-refractivity contribution in [3.63, 3.8) is 0 Å². The van der Waals surface area contributed by atoms with Gasteiger partial charge in [-0.1, -0.05) is 13.3 Å². The molecule has 0 aromatic carbocycles. The standard InChI is InChI=1S/C4H12N.C4H11N.2H2O/c1-5(2,3)4;1-2-3-4-5;;/h1-4H3;2-5H2,1H3;2*1H2/q+1;;;/p-1. The van der Waals surface area contributed by atoms with Gasteiger partial charge in [-0.2, -0.15) is 0 Å². The predicted molar refractivity (Wildman–Crippen MR) is 53.5 cm³/mol. The molecule has 0 fully saturated rings. The summed E-state index contributed by atoms with van der Waals surface area (Å²) in [6.07, 6.45) is 2.39. The van der Waals surface area contributed by atoms with E-state index >= 15 is 0 Å². The molecule has 4 heteroatoms. The second-order valence-corrected chi connectivity index (χ2v) is 3.83. The van der Waals surface area contributed by atoms with Crippen LogP contribution in [-0.4, -0.2) is 50.2 Å². The van der Waals surface area contributed by atoms with Gasteiger partial charge >= 0.3 is 0 Å². The summed E-state index contributed by atoms with van der Waals surface area (Å²) in [4.78, 5) is 0. The topological polar surface area (TPSA) is 87.5 Å². The Morgan fingerprint density at radius 1 is 1.08 bits per heavy atom. The molecule has 0 aromatic rings. The maximum Gasteiger partial charge on any atom is 0.0675 e. The Labute approximate surface area is 76.6 Å². The predicted octanol–water partition coefficient (Wildman–Crippen LogP) is 0.0661. The second-order valence-electron chi connectivity index (χ2n) is 3.83. The van der Waals surface area contributed by atoms with Gasteiger partial charge in [0.1, 0.15) is 0 Å². The van der Waals surface area contributed by atoms with Crippen LogP contribution in [0.5, 0.6) is 0 Å². The molecule has 0 heterocycles.